The maximum Gasteiger partial charge on any atom is 0.231 e. The third-order valence-corrected chi connectivity index (χ3v) is 4.46. The number of hydrogen-bond acceptors (Lipinski definition) is 4. The van der Waals surface area contributed by atoms with Crippen LogP contribution >= 0.6 is 12.2 Å². The van der Waals surface area contributed by atoms with Crippen LogP contribution in [0.3, 0.4) is 0 Å². The first-order chi connectivity index (χ1) is 13.2. The summed E-state index contributed by atoms with van der Waals surface area (Å²) < 4.78 is 16.8. The fourth-order valence-corrected chi connectivity index (χ4v) is 3.03. The summed E-state index contributed by atoms with van der Waals surface area (Å²) in [6, 6.07) is 13.8. The van der Waals surface area contributed by atoms with Gasteiger partial charge in [0.25, 0.3) is 0 Å². The first kappa shape index (κ1) is 19.0. The van der Waals surface area contributed by atoms with Crippen molar-refractivity contribution >= 4 is 23.0 Å². The second-order valence-electron chi connectivity index (χ2n) is 6.06. The van der Waals surface area contributed by atoms with Crippen LogP contribution in [0, 0.1) is 0 Å². The predicted molar refractivity (Wildman–Crippen MR) is 112 cm³/mol. The fourth-order valence-electron chi connectivity index (χ4n) is 2.76. The average molecular weight is 385 g/mol. The number of benzene rings is 2. The molecule has 0 unspecified atom stereocenters. The van der Waals surface area contributed by atoms with Gasteiger partial charge in [-0.2, -0.15) is 0 Å². The number of rotatable bonds is 8. The molecule has 1 heterocycles. The molecule has 142 valence electrons. The van der Waals surface area contributed by atoms with Gasteiger partial charge in [-0.25, -0.2) is 0 Å². The van der Waals surface area contributed by atoms with Gasteiger partial charge in [0.1, 0.15) is 12.4 Å². The van der Waals surface area contributed by atoms with Gasteiger partial charge in [0.15, 0.2) is 16.6 Å². The predicted octanol–water partition coefficient (Wildman–Crippen LogP) is 4.27. The monoisotopic (exact) mass is 384 g/mol. The van der Waals surface area contributed by atoms with Gasteiger partial charge in [-0.05, 0) is 36.8 Å². The van der Waals surface area contributed by atoms with Crippen LogP contribution in [0.5, 0.6) is 17.2 Å². The highest BCUT2D eigenvalue weighted by Crippen LogP contribution is 2.36. The molecule has 6 heteroatoms. The van der Waals surface area contributed by atoms with Gasteiger partial charge in [-0.3, -0.25) is 0 Å². The Kier molecular flexibility index (Phi) is 6.54. The van der Waals surface area contributed by atoms with Crippen molar-refractivity contribution in [2.24, 2.45) is 0 Å². The molecule has 0 spiro atoms. The number of nitrogens with zero attached hydrogens (tertiary/aromatic N) is 1. The third kappa shape index (κ3) is 4.71. The smallest absolute Gasteiger partial charge is 0.231 e. The molecule has 2 aromatic rings. The summed E-state index contributed by atoms with van der Waals surface area (Å²) in [5.41, 5.74) is 1.98. The molecule has 5 nitrogen and oxygen atoms in total. The number of para-hydroxylation sites is 1. The van der Waals surface area contributed by atoms with Gasteiger partial charge in [0.2, 0.25) is 6.79 Å². The van der Waals surface area contributed by atoms with Crippen LogP contribution < -0.4 is 24.4 Å². The quantitative estimate of drug-likeness (QED) is 0.542. The average Bonchev–Trinajstić information content (AvgIpc) is 3.17. The molecule has 3 rings (SSSR count). The Morgan fingerprint density at radius 3 is 2.89 bits per heavy atom. The van der Waals surface area contributed by atoms with Crippen molar-refractivity contribution in [1.29, 1.82) is 0 Å². The Morgan fingerprint density at radius 1 is 1.26 bits per heavy atom. The van der Waals surface area contributed by atoms with Crippen LogP contribution in [-0.2, 0) is 6.54 Å². The van der Waals surface area contributed by atoms with E-state index in [9.17, 15) is 0 Å². The Labute approximate surface area is 165 Å². The van der Waals surface area contributed by atoms with Crippen molar-refractivity contribution in [3.05, 3.63) is 60.7 Å². The molecule has 1 N–H and O–H groups in total. The molecular formula is C21H24N2O3S. The van der Waals surface area contributed by atoms with Crippen LogP contribution in [-0.4, -0.2) is 25.1 Å². The summed E-state index contributed by atoms with van der Waals surface area (Å²) in [7, 11) is 0. The largest absolute Gasteiger partial charge is 0.489 e. The van der Waals surface area contributed by atoms with Gasteiger partial charge in [0, 0.05) is 23.9 Å². The van der Waals surface area contributed by atoms with Crippen LogP contribution in [0.4, 0.5) is 5.69 Å². The highest BCUT2D eigenvalue weighted by molar-refractivity contribution is 7.80. The molecule has 1 aliphatic heterocycles. The molecule has 0 saturated carbocycles. The van der Waals surface area contributed by atoms with E-state index >= 15 is 0 Å². The zero-order chi connectivity index (χ0) is 19.1. The maximum absolute atomic E-state index is 5.80. The Hall–Kier alpha value is -2.73. The van der Waals surface area contributed by atoms with Crippen LogP contribution in [0.25, 0.3) is 0 Å². The molecule has 0 atom stereocenters. The van der Waals surface area contributed by atoms with Crippen molar-refractivity contribution in [2.75, 3.05) is 24.8 Å². The van der Waals surface area contributed by atoms with Gasteiger partial charge in [-0.15, -0.1) is 0 Å². The van der Waals surface area contributed by atoms with Crippen molar-refractivity contribution in [3.8, 4) is 17.2 Å². The molecule has 0 bridgehead atoms. The van der Waals surface area contributed by atoms with E-state index in [1.165, 1.54) is 0 Å². The van der Waals surface area contributed by atoms with E-state index < -0.39 is 0 Å². The van der Waals surface area contributed by atoms with Crippen LogP contribution in [0.2, 0.25) is 0 Å². The van der Waals surface area contributed by atoms with Crippen molar-refractivity contribution in [1.82, 2.24) is 5.32 Å². The molecule has 0 fully saturated rings. The van der Waals surface area contributed by atoms with E-state index in [0.29, 0.717) is 18.3 Å². The molecule has 27 heavy (non-hydrogen) atoms. The highest BCUT2D eigenvalue weighted by Gasteiger charge is 2.19. The molecule has 1 aliphatic rings. The summed E-state index contributed by atoms with van der Waals surface area (Å²) >= 11 is 5.67. The molecule has 0 radical (unpaired) electrons. The molecule has 0 aromatic heterocycles. The van der Waals surface area contributed by atoms with E-state index in [4.69, 9.17) is 26.4 Å². The van der Waals surface area contributed by atoms with Gasteiger partial charge < -0.3 is 24.4 Å². The SMILES string of the molecule is C=CCOc1ccccc1CN(C(=S)NCCC)c1ccc2c(c1)OCO2. The van der Waals surface area contributed by atoms with E-state index in [2.05, 4.69) is 18.8 Å². The van der Waals surface area contributed by atoms with Crippen molar-refractivity contribution in [3.63, 3.8) is 0 Å². The summed E-state index contributed by atoms with van der Waals surface area (Å²) in [6.07, 6.45) is 2.73. The summed E-state index contributed by atoms with van der Waals surface area (Å²) in [5, 5.41) is 3.97. The Balaban J connectivity index is 1.89. The van der Waals surface area contributed by atoms with Crippen LogP contribution in [0.1, 0.15) is 18.9 Å². The Bertz CT molecular complexity index is 810. The number of thiocarbonyl (C=S) groups is 1. The minimum Gasteiger partial charge on any atom is -0.489 e. The lowest BCUT2D eigenvalue weighted by molar-refractivity contribution is 0.174. The van der Waals surface area contributed by atoms with Gasteiger partial charge >= 0.3 is 0 Å². The first-order valence-corrected chi connectivity index (χ1v) is 9.40. The minimum atomic E-state index is 0.246. The van der Waals surface area contributed by atoms with E-state index in [1.54, 1.807) is 6.08 Å². The normalized spacial score (nSPS) is 11.7. The zero-order valence-corrected chi connectivity index (χ0v) is 16.3. The van der Waals surface area contributed by atoms with E-state index in [0.717, 1.165) is 41.5 Å². The second-order valence-corrected chi connectivity index (χ2v) is 6.45. The maximum atomic E-state index is 5.80. The summed E-state index contributed by atoms with van der Waals surface area (Å²) in [4.78, 5) is 2.04. The van der Waals surface area contributed by atoms with Crippen LogP contribution in [0.15, 0.2) is 55.1 Å². The van der Waals surface area contributed by atoms with E-state index in [-0.39, 0.29) is 6.79 Å². The topological polar surface area (TPSA) is 43.0 Å². The number of ether oxygens (including phenoxy) is 3. The molecule has 0 saturated heterocycles. The number of hydrogen-bond donors (Lipinski definition) is 1. The lowest BCUT2D eigenvalue weighted by Gasteiger charge is -2.27. The Morgan fingerprint density at radius 2 is 2.07 bits per heavy atom. The molecule has 0 amide bonds. The van der Waals surface area contributed by atoms with E-state index in [1.807, 2.05) is 47.4 Å². The molecule has 0 aliphatic carbocycles. The minimum absolute atomic E-state index is 0.246. The highest BCUT2D eigenvalue weighted by atomic mass is 32.1. The zero-order valence-electron chi connectivity index (χ0n) is 15.4. The standard InChI is InChI=1S/C21H24N2O3S/c1-3-11-22-21(27)23(17-9-10-19-20(13-17)26-15-25-19)14-16-7-5-6-8-18(16)24-12-4-2/h4-10,13H,2-3,11-12,14-15H2,1H3,(H,22,27). The lowest BCUT2D eigenvalue weighted by Crippen LogP contribution is -2.39. The number of fused-ring (bicyclic) bond motifs is 1. The third-order valence-electron chi connectivity index (χ3n) is 4.10. The van der Waals surface area contributed by atoms with Gasteiger partial charge in [0.05, 0.1) is 6.54 Å². The molecule has 2 aromatic carbocycles. The molecular weight excluding hydrogens is 360 g/mol. The summed E-state index contributed by atoms with van der Waals surface area (Å²) in [5.74, 6) is 2.30. The lowest BCUT2D eigenvalue weighted by atomic mass is 10.1. The number of anilines is 1. The summed E-state index contributed by atoms with van der Waals surface area (Å²) in [6.45, 7) is 7.92. The fraction of sp³-hybridized carbons (Fsp3) is 0.286. The van der Waals surface area contributed by atoms with Gasteiger partial charge in [-0.1, -0.05) is 37.8 Å². The number of nitrogens with one attached hydrogen (secondary N) is 1. The second kappa shape index (κ2) is 9.28. The first-order valence-electron chi connectivity index (χ1n) is 8.99. The van der Waals surface area contributed by atoms with Crippen molar-refractivity contribution < 1.29 is 14.2 Å². The van der Waals surface area contributed by atoms with Crippen molar-refractivity contribution in [2.45, 2.75) is 19.9 Å².